The number of anilines is 4. The molecule has 0 spiro atoms. The zero-order chi connectivity index (χ0) is 19.9. The molecule has 3 N–H and O–H groups in total. The van der Waals surface area contributed by atoms with Crippen molar-refractivity contribution in [3.05, 3.63) is 65.2 Å². The van der Waals surface area contributed by atoms with Gasteiger partial charge >= 0.3 is 0 Å². The largest absolute Gasteiger partial charge is 0.332 e. The number of hydrogen-bond donors (Lipinski definition) is 3. The molecule has 0 radical (unpaired) electrons. The number of amides is 2. The van der Waals surface area contributed by atoms with Gasteiger partial charge in [0.25, 0.3) is 0 Å². The van der Waals surface area contributed by atoms with E-state index in [1.165, 1.54) is 23.8 Å². The Kier molecular flexibility index (Phi) is 6.39. The van der Waals surface area contributed by atoms with Crippen LogP contribution in [0.3, 0.4) is 0 Å². The molecule has 2 aromatic carbocycles. The van der Waals surface area contributed by atoms with Crippen LogP contribution in [0.2, 0.25) is 0 Å². The van der Waals surface area contributed by atoms with Crippen LogP contribution in [0.1, 0.15) is 25.1 Å². The molecule has 28 heavy (non-hydrogen) atoms. The average molecular weight is 395 g/mol. The van der Waals surface area contributed by atoms with Gasteiger partial charge < -0.3 is 16.0 Å². The summed E-state index contributed by atoms with van der Waals surface area (Å²) in [6.07, 6.45) is 1.18. The molecular weight excluding hydrogens is 372 g/mol. The molecule has 0 fully saturated rings. The number of nitrogens with one attached hydrogen (secondary N) is 3. The molecule has 0 aliphatic carbocycles. The van der Waals surface area contributed by atoms with Gasteiger partial charge in [-0.25, -0.2) is 4.98 Å². The first kappa shape index (κ1) is 19.6. The highest BCUT2D eigenvalue weighted by Crippen LogP contribution is 2.22. The third kappa shape index (κ3) is 5.65. The van der Waals surface area contributed by atoms with Crippen LogP contribution in [-0.2, 0) is 22.4 Å². The molecule has 3 aromatic rings. The quantitative estimate of drug-likeness (QED) is 0.547. The van der Waals surface area contributed by atoms with E-state index in [0.717, 1.165) is 17.2 Å². The second-order valence-electron chi connectivity index (χ2n) is 6.31. The van der Waals surface area contributed by atoms with Crippen molar-refractivity contribution in [2.75, 3.05) is 16.0 Å². The predicted molar refractivity (Wildman–Crippen MR) is 114 cm³/mol. The highest BCUT2D eigenvalue weighted by Gasteiger charge is 2.09. The maximum absolute atomic E-state index is 12.3. The third-order valence-electron chi connectivity index (χ3n) is 3.97. The molecule has 6 nitrogen and oxygen atoms in total. The number of carbonyl (C=O) groups excluding carboxylic acids is 2. The summed E-state index contributed by atoms with van der Waals surface area (Å²) in [5, 5.41) is 11.4. The fourth-order valence-electron chi connectivity index (χ4n) is 2.64. The van der Waals surface area contributed by atoms with Gasteiger partial charge in [-0.15, -0.1) is 11.3 Å². The fraction of sp³-hybridized carbons (Fsp3) is 0.190. The molecule has 0 unspecified atom stereocenters. The first-order chi connectivity index (χ1) is 13.5. The number of thiazole rings is 1. The van der Waals surface area contributed by atoms with Crippen molar-refractivity contribution in [3.63, 3.8) is 0 Å². The summed E-state index contributed by atoms with van der Waals surface area (Å²) >= 11 is 1.46. The lowest BCUT2D eigenvalue weighted by molar-refractivity contribution is -0.116. The molecule has 0 aliphatic heterocycles. The highest BCUT2D eigenvalue weighted by atomic mass is 32.1. The van der Waals surface area contributed by atoms with Gasteiger partial charge in [-0.3, -0.25) is 9.59 Å². The Morgan fingerprint density at radius 3 is 2.39 bits per heavy atom. The molecule has 0 aliphatic rings. The van der Waals surface area contributed by atoms with Crippen LogP contribution >= 0.6 is 11.3 Å². The van der Waals surface area contributed by atoms with Crippen LogP contribution in [0.15, 0.2) is 53.9 Å². The zero-order valence-electron chi connectivity index (χ0n) is 15.8. The van der Waals surface area contributed by atoms with E-state index in [-0.39, 0.29) is 18.2 Å². The van der Waals surface area contributed by atoms with Crippen LogP contribution < -0.4 is 16.0 Å². The Balaban J connectivity index is 1.57. The smallest absolute Gasteiger partial charge is 0.230 e. The van der Waals surface area contributed by atoms with Crippen molar-refractivity contribution in [2.45, 2.75) is 26.7 Å². The maximum atomic E-state index is 12.3. The second kappa shape index (κ2) is 9.14. The van der Waals surface area contributed by atoms with E-state index in [1.807, 2.05) is 17.5 Å². The molecule has 3 rings (SSSR count). The minimum atomic E-state index is -0.163. The summed E-state index contributed by atoms with van der Waals surface area (Å²) < 4.78 is 0. The highest BCUT2D eigenvalue weighted by molar-refractivity contribution is 7.13. The molecule has 0 saturated carbocycles. The average Bonchev–Trinajstić information content (AvgIpc) is 3.08. The molecule has 144 valence electrons. The van der Waals surface area contributed by atoms with Crippen molar-refractivity contribution in [3.8, 4) is 0 Å². The molecule has 0 bridgehead atoms. The number of rotatable bonds is 7. The molecule has 7 heteroatoms. The second-order valence-corrected chi connectivity index (χ2v) is 7.16. The summed E-state index contributed by atoms with van der Waals surface area (Å²) in [5.74, 6) is -0.320. The fourth-order valence-corrected chi connectivity index (χ4v) is 3.37. The van der Waals surface area contributed by atoms with Gasteiger partial charge in [0, 0.05) is 29.4 Å². The molecule has 2 amide bonds. The standard InChI is InChI=1S/C21H22N4O2S/c1-3-15-7-9-16(10-8-15)24-21-25-19(13-28-21)12-20(27)23-18-6-4-5-17(11-18)22-14(2)26/h4-11,13H,3,12H2,1-2H3,(H,22,26)(H,23,27)(H,24,25). The first-order valence-corrected chi connectivity index (χ1v) is 9.87. The van der Waals surface area contributed by atoms with Crippen molar-refractivity contribution >= 4 is 45.3 Å². The number of hydrogen-bond acceptors (Lipinski definition) is 5. The number of aryl methyl sites for hydroxylation is 1. The Hall–Kier alpha value is -3.19. The van der Waals surface area contributed by atoms with Crippen LogP contribution in [0.25, 0.3) is 0 Å². The van der Waals surface area contributed by atoms with Crippen LogP contribution in [0.5, 0.6) is 0 Å². The monoisotopic (exact) mass is 394 g/mol. The SMILES string of the molecule is CCc1ccc(Nc2nc(CC(=O)Nc3cccc(NC(C)=O)c3)cs2)cc1. The van der Waals surface area contributed by atoms with E-state index in [0.29, 0.717) is 17.1 Å². The summed E-state index contributed by atoms with van der Waals surface area (Å²) in [6.45, 7) is 3.56. The van der Waals surface area contributed by atoms with E-state index in [9.17, 15) is 9.59 Å². The predicted octanol–water partition coefficient (Wildman–Crippen LogP) is 4.59. The van der Waals surface area contributed by atoms with Crippen LogP contribution in [0.4, 0.5) is 22.2 Å². The van der Waals surface area contributed by atoms with E-state index in [2.05, 4.69) is 40.0 Å². The van der Waals surface area contributed by atoms with Crippen LogP contribution in [0, 0.1) is 0 Å². The van der Waals surface area contributed by atoms with E-state index in [4.69, 9.17) is 0 Å². The van der Waals surface area contributed by atoms with Crippen LogP contribution in [-0.4, -0.2) is 16.8 Å². The van der Waals surface area contributed by atoms with Crippen molar-refractivity contribution in [2.24, 2.45) is 0 Å². The summed E-state index contributed by atoms with van der Waals surface area (Å²) in [4.78, 5) is 27.9. The third-order valence-corrected chi connectivity index (χ3v) is 4.78. The Morgan fingerprint density at radius 2 is 1.71 bits per heavy atom. The summed E-state index contributed by atoms with van der Waals surface area (Å²) in [6, 6.07) is 15.2. The Labute approximate surface area is 168 Å². The minimum Gasteiger partial charge on any atom is -0.332 e. The molecule has 0 saturated heterocycles. The first-order valence-electron chi connectivity index (χ1n) is 8.99. The van der Waals surface area contributed by atoms with Gasteiger partial charge in [0.05, 0.1) is 12.1 Å². The number of carbonyl (C=O) groups is 2. The van der Waals surface area contributed by atoms with Gasteiger partial charge in [-0.05, 0) is 42.3 Å². The maximum Gasteiger partial charge on any atom is 0.230 e. The topological polar surface area (TPSA) is 83.1 Å². The van der Waals surface area contributed by atoms with E-state index >= 15 is 0 Å². The van der Waals surface area contributed by atoms with E-state index in [1.54, 1.807) is 24.3 Å². The summed E-state index contributed by atoms with van der Waals surface area (Å²) in [5.41, 5.74) is 4.22. The van der Waals surface area contributed by atoms with Crippen molar-refractivity contribution < 1.29 is 9.59 Å². The Bertz CT molecular complexity index is 967. The Morgan fingerprint density at radius 1 is 1.00 bits per heavy atom. The molecule has 0 atom stereocenters. The van der Waals surface area contributed by atoms with Gasteiger partial charge in [-0.2, -0.15) is 0 Å². The van der Waals surface area contributed by atoms with Gasteiger partial charge in [0.15, 0.2) is 5.13 Å². The van der Waals surface area contributed by atoms with E-state index < -0.39 is 0 Å². The zero-order valence-corrected chi connectivity index (χ0v) is 16.6. The van der Waals surface area contributed by atoms with Gasteiger partial charge in [0.2, 0.25) is 11.8 Å². The van der Waals surface area contributed by atoms with Gasteiger partial charge in [0.1, 0.15) is 0 Å². The molecule has 1 heterocycles. The normalized spacial score (nSPS) is 10.4. The lowest BCUT2D eigenvalue weighted by Crippen LogP contribution is -2.15. The lowest BCUT2D eigenvalue weighted by atomic mass is 10.1. The van der Waals surface area contributed by atoms with Crippen molar-refractivity contribution in [1.82, 2.24) is 4.98 Å². The van der Waals surface area contributed by atoms with Crippen molar-refractivity contribution in [1.29, 1.82) is 0 Å². The number of aromatic nitrogens is 1. The number of benzene rings is 2. The molecular formula is C21H22N4O2S. The summed E-state index contributed by atoms with van der Waals surface area (Å²) in [7, 11) is 0. The van der Waals surface area contributed by atoms with Gasteiger partial charge in [-0.1, -0.05) is 25.1 Å². The number of nitrogens with zero attached hydrogens (tertiary/aromatic N) is 1. The minimum absolute atomic E-state index is 0.157. The lowest BCUT2D eigenvalue weighted by Gasteiger charge is -2.07. The molecule has 1 aromatic heterocycles.